The third-order valence-corrected chi connectivity index (χ3v) is 3.48. The maximum Gasteiger partial charge on any atom is 0.127 e. The highest BCUT2D eigenvalue weighted by molar-refractivity contribution is 5.43. The molecule has 0 aliphatic rings. The number of nitrogens with one attached hydrogen (secondary N) is 1. The first-order chi connectivity index (χ1) is 10.3. The fraction of sp³-hybridized carbons (Fsp3) is 0.412. The SMILES string of the molecule is CCCNC(Cc1ccoc1)c1ccc(OC)cc1OC. The van der Waals surface area contributed by atoms with Crippen LogP contribution in [0.5, 0.6) is 11.5 Å². The van der Waals surface area contributed by atoms with Crippen LogP contribution < -0.4 is 14.8 Å². The summed E-state index contributed by atoms with van der Waals surface area (Å²) in [4.78, 5) is 0. The van der Waals surface area contributed by atoms with Gasteiger partial charge in [-0.2, -0.15) is 0 Å². The van der Waals surface area contributed by atoms with Crippen molar-refractivity contribution in [1.29, 1.82) is 0 Å². The molecule has 0 bridgehead atoms. The lowest BCUT2D eigenvalue weighted by molar-refractivity contribution is 0.383. The number of ether oxygens (including phenoxy) is 2. The molecule has 1 heterocycles. The molecule has 0 aliphatic carbocycles. The molecule has 1 aromatic heterocycles. The Morgan fingerprint density at radius 1 is 1.19 bits per heavy atom. The highest BCUT2D eigenvalue weighted by Crippen LogP contribution is 2.31. The Hall–Kier alpha value is -1.94. The Kier molecular flexibility index (Phi) is 5.69. The molecule has 0 saturated heterocycles. The van der Waals surface area contributed by atoms with Crippen LogP contribution in [0.25, 0.3) is 0 Å². The van der Waals surface area contributed by atoms with E-state index in [0.717, 1.165) is 36.4 Å². The fourth-order valence-corrected chi connectivity index (χ4v) is 2.36. The lowest BCUT2D eigenvalue weighted by atomic mass is 9.99. The van der Waals surface area contributed by atoms with Gasteiger partial charge in [-0.3, -0.25) is 0 Å². The van der Waals surface area contributed by atoms with Gasteiger partial charge in [0.15, 0.2) is 0 Å². The van der Waals surface area contributed by atoms with Gasteiger partial charge in [0.25, 0.3) is 0 Å². The van der Waals surface area contributed by atoms with Gasteiger partial charge in [0.2, 0.25) is 0 Å². The minimum Gasteiger partial charge on any atom is -0.497 e. The molecule has 2 rings (SSSR count). The summed E-state index contributed by atoms with van der Waals surface area (Å²) in [6, 6.07) is 8.13. The molecule has 4 heteroatoms. The Morgan fingerprint density at radius 3 is 2.67 bits per heavy atom. The zero-order valence-electron chi connectivity index (χ0n) is 12.9. The van der Waals surface area contributed by atoms with Crippen molar-refractivity contribution in [3.63, 3.8) is 0 Å². The summed E-state index contributed by atoms with van der Waals surface area (Å²) in [6.45, 7) is 3.12. The first-order valence-corrected chi connectivity index (χ1v) is 7.24. The van der Waals surface area contributed by atoms with Crippen molar-refractivity contribution in [2.75, 3.05) is 20.8 Å². The van der Waals surface area contributed by atoms with Crippen molar-refractivity contribution >= 4 is 0 Å². The molecule has 114 valence electrons. The normalized spacial score (nSPS) is 12.1. The zero-order valence-corrected chi connectivity index (χ0v) is 12.9. The smallest absolute Gasteiger partial charge is 0.127 e. The summed E-state index contributed by atoms with van der Waals surface area (Å²) >= 11 is 0. The number of rotatable bonds is 8. The van der Waals surface area contributed by atoms with Crippen LogP contribution in [-0.2, 0) is 6.42 Å². The summed E-state index contributed by atoms with van der Waals surface area (Å²) in [5.74, 6) is 1.64. The first-order valence-electron chi connectivity index (χ1n) is 7.24. The number of hydrogen-bond acceptors (Lipinski definition) is 4. The van der Waals surface area contributed by atoms with E-state index in [9.17, 15) is 0 Å². The van der Waals surface area contributed by atoms with Gasteiger partial charge in [0, 0.05) is 17.7 Å². The van der Waals surface area contributed by atoms with Crippen molar-refractivity contribution in [2.24, 2.45) is 0 Å². The van der Waals surface area contributed by atoms with Gasteiger partial charge in [-0.05, 0) is 37.1 Å². The van der Waals surface area contributed by atoms with E-state index in [2.05, 4.69) is 18.3 Å². The van der Waals surface area contributed by atoms with E-state index in [1.165, 1.54) is 5.56 Å². The Balaban J connectivity index is 2.26. The molecule has 1 atom stereocenters. The minimum atomic E-state index is 0.184. The molecular weight excluding hydrogens is 266 g/mol. The van der Waals surface area contributed by atoms with E-state index >= 15 is 0 Å². The van der Waals surface area contributed by atoms with E-state index in [0.29, 0.717) is 0 Å². The second-order valence-corrected chi connectivity index (χ2v) is 4.95. The largest absolute Gasteiger partial charge is 0.497 e. The summed E-state index contributed by atoms with van der Waals surface area (Å²) in [6.07, 6.45) is 5.44. The second-order valence-electron chi connectivity index (χ2n) is 4.95. The molecule has 0 saturated carbocycles. The molecule has 0 amide bonds. The van der Waals surface area contributed by atoms with E-state index in [4.69, 9.17) is 13.9 Å². The molecule has 0 fully saturated rings. The van der Waals surface area contributed by atoms with Crippen molar-refractivity contribution < 1.29 is 13.9 Å². The maximum absolute atomic E-state index is 5.52. The van der Waals surface area contributed by atoms with E-state index in [1.54, 1.807) is 26.7 Å². The van der Waals surface area contributed by atoms with Gasteiger partial charge in [-0.1, -0.05) is 13.0 Å². The van der Waals surface area contributed by atoms with Crippen LogP contribution in [0, 0.1) is 0 Å². The van der Waals surface area contributed by atoms with Crippen LogP contribution in [-0.4, -0.2) is 20.8 Å². The van der Waals surface area contributed by atoms with E-state index in [1.807, 2.05) is 18.2 Å². The topological polar surface area (TPSA) is 43.6 Å². The molecule has 0 radical (unpaired) electrons. The van der Waals surface area contributed by atoms with E-state index < -0.39 is 0 Å². The molecule has 1 N–H and O–H groups in total. The second kappa shape index (κ2) is 7.74. The van der Waals surface area contributed by atoms with Gasteiger partial charge in [0.1, 0.15) is 11.5 Å². The Labute approximate surface area is 126 Å². The van der Waals surface area contributed by atoms with Gasteiger partial charge < -0.3 is 19.2 Å². The maximum atomic E-state index is 5.52. The summed E-state index contributed by atoms with van der Waals surface area (Å²) < 4.78 is 16.0. The number of benzene rings is 1. The average Bonchev–Trinajstić information content (AvgIpc) is 3.03. The van der Waals surface area contributed by atoms with Crippen LogP contribution in [0.3, 0.4) is 0 Å². The standard InChI is InChI=1S/C17H23NO3/c1-4-8-18-16(10-13-7-9-21-12-13)15-6-5-14(19-2)11-17(15)20-3/h5-7,9,11-12,16,18H,4,8,10H2,1-3H3. The minimum absolute atomic E-state index is 0.184. The zero-order chi connectivity index (χ0) is 15.1. The van der Waals surface area contributed by atoms with Crippen LogP contribution in [0.1, 0.15) is 30.5 Å². The van der Waals surface area contributed by atoms with Crippen molar-refractivity contribution in [3.8, 4) is 11.5 Å². The molecule has 1 aromatic carbocycles. The van der Waals surface area contributed by atoms with E-state index in [-0.39, 0.29) is 6.04 Å². The summed E-state index contributed by atoms with van der Waals surface area (Å²) in [5.41, 5.74) is 2.30. The monoisotopic (exact) mass is 289 g/mol. The lowest BCUT2D eigenvalue weighted by Gasteiger charge is -2.21. The predicted molar refractivity (Wildman–Crippen MR) is 83.0 cm³/mol. The van der Waals surface area contributed by atoms with Crippen molar-refractivity contribution in [2.45, 2.75) is 25.8 Å². The van der Waals surface area contributed by atoms with Crippen molar-refractivity contribution in [1.82, 2.24) is 5.32 Å². The fourth-order valence-electron chi connectivity index (χ4n) is 2.36. The lowest BCUT2D eigenvalue weighted by Crippen LogP contribution is -2.24. The average molecular weight is 289 g/mol. The van der Waals surface area contributed by atoms with Gasteiger partial charge >= 0.3 is 0 Å². The number of hydrogen-bond donors (Lipinski definition) is 1. The molecule has 0 spiro atoms. The van der Waals surface area contributed by atoms with Crippen LogP contribution in [0.2, 0.25) is 0 Å². The van der Waals surface area contributed by atoms with Crippen molar-refractivity contribution in [3.05, 3.63) is 47.9 Å². The van der Waals surface area contributed by atoms with Gasteiger partial charge in [-0.25, -0.2) is 0 Å². The third kappa shape index (κ3) is 4.02. The quantitative estimate of drug-likeness (QED) is 0.806. The molecular formula is C17H23NO3. The number of furan rings is 1. The molecule has 21 heavy (non-hydrogen) atoms. The third-order valence-electron chi connectivity index (χ3n) is 3.48. The molecule has 2 aromatic rings. The highest BCUT2D eigenvalue weighted by atomic mass is 16.5. The summed E-state index contributed by atoms with van der Waals surface area (Å²) in [5, 5.41) is 3.57. The Bertz CT molecular complexity index is 537. The van der Waals surface area contributed by atoms with Gasteiger partial charge in [0.05, 0.1) is 26.7 Å². The molecule has 1 unspecified atom stereocenters. The van der Waals surface area contributed by atoms with Crippen LogP contribution in [0.15, 0.2) is 41.2 Å². The van der Waals surface area contributed by atoms with Crippen LogP contribution in [0.4, 0.5) is 0 Å². The predicted octanol–water partition coefficient (Wildman–Crippen LogP) is 3.58. The Morgan fingerprint density at radius 2 is 2.05 bits per heavy atom. The molecule has 0 aliphatic heterocycles. The first kappa shape index (κ1) is 15.4. The summed E-state index contributed by atoms with van der Waals surface area (Å²) in [7, 11) is 3.35. The van der Waals surface area contributed by atoms with Crippen LogP contribution >= 0.6 is 0 Å². The number of methoxy groups -OCH3 is 2. The molecule has 4 nitrogen and oxygen atoms in total. The van der Waals surface area contributed by atoms with Gasteiger partial charge in [-0.15, -0.1) is 0 Å². The highest BCUT2D eigenvalue weighted by Gasteiger charge is 2.17.